The molecule has 0 saturated carbocycles. The smallest absolute Gasteiger partial charge is 0.180 e. The van der Waals surface area contributed by atoms with Crippen molar-refractivity contribution in [3.8, 4) is 0 Å². The molecular formula is C23H16BrClN2OS. The Hall–Kier alpha value is -2.47. The van der Waals surface area contributed by atoms with Crippen molar-refractivity contribution >= 4 is 56.9 Å². The lowest BCUT2D eigenvalue weighted by Gasteiger charge is -2.18. The summed E-state index contributed by atoms with van der Waals surface area (Å²) in [5.74, 6) is 0.658. The Bertz CT molecular complexity index is 1060. The van der Waals surface area contributed by atoms with E-state index in [2.05, 4.69) is 21.0 Å². The van der Waals surface area contributed by atoms with Crippen LogP contribution in [-0.2, 0) is 0 Å². The second kappa shape index (κ2) is 9.35. The summed E-state index contributed by atoms with van der Waals surface area (Å²) in [7, 11) is 0. The molecule has 0 fully saturated rings. The molecule has 0 amide bonds. The molecule has 4 aromatic rings. The van der Waals surface area contributed by atoms with Crippen LogP contribution in [-0.4, -0.2) is 6.21 Å². The monoisotopic (exact) mass is 482 g/mol. The van der Waals surface area contributed by atoms with Crippen LogP contribution < -0.4 is 5.01 Å². The highest BCUT2D eigenvalue weighted by atomic mass is 79.9. The lowest BCUT2D eigenvalue weighted by molar-refractivity contribution is 0.466. The van der Waals surface area contributed by atoms with E-state index in [0.717, 1.165) is 25.8 Å². The number of nitrogens with zero attached hydrogens (tertiary/aromatic N) is 2. The Morgan fingerprint density at radius 1 is 0.862 bits per heavy atom. The van der Waals surface area contributed by atoms with E-state index in [1.165, 1.54) is 11.8 Å². The molecule has 0 N–H and O–H groups in total. The van der Waals surface area contributed by atoms with E-state index in [4.69, 9.17) is 16.0 Å². The molecule has 0 saturated heterocycles. The van der Waals surface area contributed by atoms with Crippen LogP contribution >= 0.6 is 39.3 Å². The highest BCUT2D eigenvalue weighted by Gasteiger charge is 2.11. The molecule has 1 aromatic heterocycles. The Kier molecular flexibility index (Phi) is 6.39. The fourth-order valence-electron chi connectivity index (χ4n) is 2.65. The Labute approximate surface area is 187 Å². The van der Waals surface area contributed by atoms with Gasteiger partial charge in [0, 0.05) is 16.0 Å². The number of anilines is 2. The van der Waals surface area contributed by atoms with Crippen LogP contribution in [0.1, 0.15) is 5.76 Å². The first kappa shape index (κ1) is 19.8. The number of hydrogen-bond donors (Lipinski definition) is 0. The number of halogens is 2. The zero-order valence-corrected chi connectivity index (χ0v) is 18.4. The molecule has 144 valence electrons. The highest BCUT2D eigenvalue weighted by Crippen LogP contribution is 2.36. The van der Waals surface area contributed by atoms with Crippen molar-refractivity contribution in [2.45, 2.75) is 9.99 Å². The van der Waals surface area contributed by atoms with Gasteiger partial charge in [-0.05, 0) is 64.5 Å². The number of rotatable bonds is 6. The van der Waals surface area contributed by atoms with Gasteiger partial charge in [-0.3, -0.25) is 0 Å². The normalized spacial score (nSPS) is 11.1. The Morgan fingerprint density at radius 3 is 2.03 bits per heavy atom. The molecule has 0 spiro atoms. The number of para-hydroxylation sites is 2. The molecule has 0 aliphatic heterocycles. The van der Waals surface area contributed by atoms with Gasteiger partial charge in [0.1, 0.15) is 5.76 Å². The summed E-state index contributed by atoms with van der Waals surface area (Å²) >= 11 is 11.1. The summed E-state index contributed by atoms with van der Waals surface area (Å²) in [6.45, 7) is 0. The van der Waals surface area contributed by atoms with E-state index < -0.39 is 0 Å². The average Bonchev–Trinajstić information content (AvgIpc) is 3.10. The van der Waals surface area contributed by atoms with E-state index >= 15 is 0 Å². The summed E-state index contributed by atoms with van der Waals surface area (Å²) in [5, 5.41) is 8.03. The van der Waals surface area contributed by atoms with Gasteiger partial charge in [0.2, 0.25) is 0 Å². The SMILES string of the molecule is Clc1ccc(Sc2oc(/C=N\N(c3ccccc3)c3ccccc3)cc2Br)cc1. The molecule has 6 heteroatoms. The number of hydrogen-bond acceptors (Lipinski definition) is 4. The molecule has 3 aromatic carbocycles. The second-order valence-corrected chi connectivity index (χ2v) is 8.40. The minimum Gasteiger partial charge on any atom is -0.447 e. The first-order chi connectivity index (χ1) is 14.2. The number of furan rings is 1. The molecule has 0 radical (unpaired) electrons. The van der Waals surface area contributed by atoms with Crippen molar-refractivity contribution in [2.24, 2.45) is 5.10 Å². The fraction of sp³-hybridized carbons (Fsp3) is 0. The zero-order valence-electron chi connectivity index (χ0n) is 15.2. The summed E-state index contributed by atoms with van der Waals surface area (Å²) in [4.78, 5) is 1.04. The summed E-state index contributed by atoms with van der Waals surface area (Å²) in [6, 6.07) is 29.6. The maximum Gasteiger partial charge on any atom is 0.180 e. The van der Waals surface area contributed by atoms with Crippen LogP contribution in [0.3, 0.4) is 0 Å². The van der Waals surface area contributed by atoms with Gasteiger partial charge in [0.05, 0.1) is 22.1 Å². The Balaban J connectivity index is 1.59. The van der Waals surface area contributed by atoms with E-state index in [1.54, 1.807) is 6.21 Å². The lowest BCUT2D eigenvalue weighted by Crippen LogP contribution is -2.08. The number of hydrazone groups is 1. The van der Waals surface area contributed by atoms with Gasteiger partial charge in [-0.2, -0.15) is 5.10 Å². The summed E-state index contributed by atoms with van der Waals surface area (Å²) in [6.07, 6.45) is 1.72. The van der Waals surface area contributed by atoms with Gasteiger partial charge in [-0.1, -0.05) is 59.8 Å². The van der Waals surface area contributed by atoms with Gasteiger partial charge in [-0.25, -0.2) is 5.01 Å². The Morgan fingerprint density at radius 2 is 1.45 bits per heavy atom. The van der Waals surface area contributed by atoms with Crippen molar-refractivity contribution in [3.05, 3.63) is 106 Å². The minimum absolute atomic E-state index is 0.658. The van der Waals surface area contributed by atoms with Crippen molar-refractivity contribution in [1.29, 1.82) is 0 Å². The third kappa shape index (κ3) is 5.12. The molecule has 0 aliphatic carbocycles. The van der Waals surface area contributed by atoms with Gasteiger partial charge in [-0.15, -0.1) is 0 Å². The predicted molar refractivity (Wildman–Crippen MR) is 125 cm³/mol. The van der Waals surface area contributed by atoms with Crippen molar-refractivity contribution in [3.63, 3.8) is 0 Å². The molecule has 0 bridgehead atoms. The zero-order chi connectivity index (χ0) is 20.1. The maximum atomic E-state index is 5.98. The van der Waals surface area contributed by atoms with Crippen LogP contribution in [0.5, 0.6) is 0 Å². The fourth-order valence-corrected chi connectivity index (χ4v) is 4.10. The molecule has 29 heavy (non-hydrogen) atoms. The van der Waals surface area contributed by atoms with E-state index in [-0.39, 0.29) is 0 Å². The molecule has 0 atom stereocenters. The minimum atomic E-state index is 0.658. The maximum absolute atomic E-state index is 5.98. The standard InChI is InChI=1S/C23H16BrClN2OS/c24-22-15-20(28-23(22)29-21-13-11-17(25)12-14-21)16-26-27(18-7-3-1-4-8-18)19-9-5-2-6-10-19/h1-16H/b26-16-. The average molecular weight is 484 g/mol. The molecule has 0 aliphatic rings. The van der Waals surface area contributed by atoms with Crippen LogP contribution in [0.2, 0.25) is 5.02 Å². The van der Waals surface area contributed by atoms with Crippen LogP contribution in [0.15, 0.2) is 115 Å². The van der Waals surface area contributed by atoms with Gasteiger partial charge in [0.25, 0.3) is 0 Å². The lowest BCUT2D eigenvalue weighted by atomic mass is 10.2. The van der Waals surface area contributed by atoms with E-state index in [1.807, 2.05) is 96.0 Å². The largest absolute Gasteiger partial charge is 0.447 e. The molecule has 1 heterocycles. The van der Waals surface area contributed by atoms with Crippen molar-refractivity contribution in [2.75, 3.05) is 5.01 Å². The van der Waals surface area contributed by atoms with Crippen LogP contribution in [0, 0.1) is 0 Å². The third-order valence-corrected chi connectivity index (χ3v) is 6.10. The van der Waals surface area contributed by atoms with E-state index in [9.17, 15) is 0 Å². The molecule has 4 rings (SSSR count). The van der Waals surface area contributed by atoms with E-state index in [0.29, 0.717) is 10.8 Å². The molecule has 3 nitrogen and oxygen atoms in total. The van der Waals surface area contributed by atoms with Gasteiger partial charge < -0.3 is 4.42 Å². The predicted octanol–water partition coefficient (Wildman–Crippen LogP) is 8.02. The first-order valence-corrected chi connectivity index (χ1v) is 10.8. The summed E-state index contributed by atoms with van der Waals surface area (Å²) in [5.41, 5.74) is 1.94. The molecule has 0 unspecified atom stereocenters. The van der Waals surface area contributed by atoms with Crippen LogP contribution in [0.25, 0.3) is 0 Å². The third-order valence-electron chi connectivity index (χ3n) is 4.00. The number of benzene rings is 3. The quantitative estimate of drug-likeness (QED) is 0.205. The topological polar surface area (TPSA) is 28.7 Å². The van der Waals surface area contributed by atoms with Gasteiger partial charge in [0.15, 0.2) is 5.09 Å². The first-order valence-electron chi connectivity index (χ1n) is 8.86. The highest BCUT2D eigenvalue weighted by molar-refractivity contribution is 9.10. The van der Waals surface area contributed by atoms with Crippen LogP contribution in [0.4, 0.5) is 11.4 Å². The molecular weight excluding hydrogens is 468 g/mol. The second-order valence-electron chi connectivity index (χ2n) is 6.07. The van der Waals surface area contributed by atoms with Gasteiger partial charge >= 0.3 is 0 Å². The summed E-state index contributed by atoms with van der Waals surface area (Å²) < 4.78 is 6.86. The van der Waals surface area contributed by atoms with Crippen molar-refractivity contribution in [1.82, 2.24) is 0 Å². The van der Waals surface area contributed by atoms with Crippen molar-refractivity contribution < 1.29 is 4.42 Å².